The van der Waals surface area contributed by atoms with E-state index in [4.69, 9.17) is 0 Å². The molecule has 0 bridgehead atoms. The van der Waals surface area contributed by atoms with E-state index in [1.807, 2.05) is 16.5 Å². The van der Waals surface area contributed by atoms with Gasteiger partial charge in [-0.3, -0.25) is 19.3 Å². The molecule has 3 fully saturated rings. The second-order valence-electron chi connectivity index (χ2n) is 7.97. The van der Waals surface area contributed by atoms with Crippen LogP contribution in [0.3, 0.4) is 0 Å². The number of piperazine rings is 1. The first-order valence-corrected chi connectivity index (χ1v) is 12.7. The Bertz CT molecular complexity index is 725. The second-order valence-corrected chi connectivity index (χ2v) is 9.83. The van der Waals surface area contributed by atoms with Gasteiger partial charge in [0.2, 0.25) is 17.7 Å². The number of amides is 3. The van der Waals surface area contributed by atoms with E-state index in [0.29, 0.717) is 19.5 Å². The van der Waals surface area contributed by atoms with E-state index in [1.165, 1.54) is 4.90 Å². The number of carbonyl (C=O) groups is 3. The first kappa shape index (κ1) is 20.7. The molecule has 158 valence electrons. The van der Waals surface area contributed by atoms with Gasteiger partial charge in [-0.2, -0.15) is 11.8 Å². The normalized spacial score (nSPS) is 26.0. The molecule has 0 N–H and O–H groups in total. The van der Waals surface area contributed by atoms with E-state index in [-0.39, 0.29) is 29.6 Å². The lowest BCUT2D eigenvalue weighted by Gasteiger charge is -2.37. The van der Waals surface area contributed by atoms with Crippen molar-refractivity contribution in [3.63, 3.8) is 0 Å². The smallest absolute Gasteiger partial charge is 0.246 e. The largest absolute Gasteiger partial charge is 0.345 e. The van der Waals surface area contributed by atoms with Crippen LogP contribution in [-0.2, 0) is 14.4 Å². The third kappa shape index (κ3) is 4.03. The summed E-state index contributed by atoms with van der Waals surface area (Å²) in [5, 5.41) is 2.93. The molecule has 3 aliphatic rings. The lowest BCUT2D eigenvalue weighted by molar-refractivity contribution is -0.152. The highest BCUT2D eigenvalue weighted by molar-refractivity contribution is 7.98. The van der Waals surface area contributed by atoms with Gasteiger partial charge in [-0.25, -0.2) is 4.98 Å². The Morgan fingerprint density at radius 3 is 2.38 bits per heavy atom. The average Bonchev–Trinajstić information content (AvgIpc) is 3.37. The van der Waals surface area contributed by atoms with Crippen molar-refractivity contribution in [2.45, 2.75) is 38.1 Å². The molecule has 3 atom stereocenters. The summed E-state index contributed by atoms with van der Waals surface area (Å²) in [6.45, 7) is 2.64. The van der Waals surface area contributed by atoms with E-state index in [0.717, 1.165) is 49.7 Å². The Labute approximate surface area is 179 Å². The zero-order valence-corrected chi connectivity index (χ0v) is 18.4. The summed E-state index contributed by atoms with van der Waals surface area (Å²) in [6, 6.07) is -0.653. The van der Waals surface area contributed by atoms with E-state index in [9.17, 15) is 14.4 Å². The molecular formula is C20H28N4O3S2. The van der Waals surface area contributed by atoms with Crippen molar-refractivity contribution in [1.82, 2.24) is 14.8 Å². The number of rotatable bonds is 6. The third-order valence-corrected chi connectivity index (χ3v) is 7.82. The number of thioether (sulfide) groups is 1. The first-order valence-electron chi connectivity index (χ1n) is 10.4. The summed E-state index contributed by atoms with van der Waals surface area (Å²) >= 11 is 3.24. The minimum Gasteiger partial charge on any atom is -0.345 e. The number of fused-ring (bicyclic) bond motifs is 1. The molecule has 1 saturated carbocycles. The number of hydrogen-bond acceptors (Lipinski definition) is 7. The van der Waals surface area contributed by atoms with Gasteiger partial charge in [0, 0.05) is 37.8 Å². The molecule has 0 radical (unpaired) electrons. The Morgan fingerprint density at radius 1 is 1.17 bits per heavy atom. The molecule has 4 rings (SSSR count). The molecule has 3 heterocycles. The summed E-state index contributed by atoms with van der Waals surface area (Å²) in [6.07, 6.45) is 7.86. The molecule has 1 aliphatic carbocycles. The van der Waals surface area contributed by atoms with Crippen LogP contribution in [0.2, 0.25) is 0 Å². The van der Waals surface area contributed by atoms with E-state index in [1.54, 1.807) is 29.3 Å². The minimum atomic E-state index is -0.653. The van der Waals surface area contributed by atoms with Gasteiger partial charge in [-0.05, 0) is 31.3 Å². The minimum absolute atomic E-state index is 0.0711. The average molecular weight is 437 g/mol. The van der Waals surface area contributed by atoms with Crippen molar-refractivity contribution in [2.24, 2.45) is 11.8 Å². The number of nitrogens with zero attached hydrogens (tertiary/aromatic N) is 4. The highest BCUT2D eigenvalue weighted by Crippen LogP contribution is 2.39. The molecule has 9 heteroatoms. The van der Waals surface area contributed by atoms with Crippen LogP contribution in [0.1, 0.15) is 32.1 Å². The molecule has 3 amide bonds. The maximum Gasteiger partial charge on any atom is 0.246 e. The zero-order valence-electron chi connectivity index (χ0n) is 16.8. The number of hydrogen-bond donors (Lipinski definition) is 0. The van der Waals surface area contributed by atoms with Gasteiger partial charge in [0.15, 0.2) is 5.13 Å². The zero-order chi connectivity index (χ0) is 20.4. The summed E-state index contributed by atoms with van der Waals surface area (Å²) in [4.78, 5) is 49.3. The number of likely N-dealkylation sites (tertiary alicyclic amines) is 1. The topological polar surface area (TPSA) is 73.8 Å². The Hall–Kier alpha value is -1.61. The van der Waals surface area contributed by atoms with Gasteiger partial charge in [0.25, 0.3) is 0 Å². The van der Waals surface area contributed by atoms with Gasteiger partial charge < -0.3 is 9.80 Å². The highest BCUT2D eigenvalue weighted by atomic mass is 32.2. The molecular weight excluding hydrogens is 408 g/mol. The van der Waals surface area contributed by atoms with Gasteiger partial charge in [-0.1, -0.05) is 12.8 Å². The second kappa shape index (κ2) is 9.04. The number of imide groups is 1. The molecule has 2 aliphatic heterocycles. The molecule has 0 spiro atoms. The predicted octanol–water partition coefficient (Wildman–Crippen LogP) is 2.09. The molecule has 1 aromatic heterocycles. The van der Waals surface area contributed by atoms with Crippen LogP contribution in [-0.4, -0.2) is 76.7 Å². The molecule has 2 saturated heterocycles. The van der Waals surface area contributed by atoms with Crippen LogP contribution in [0, 0.1) is 11.8 Å². The van der Waals surface area contributed by atoms with E-state index < -0.39 is 6.04 Å². The van der Waals surface area contributed by atoms with Crippen molar-refractivity contribution >= 4 is 46.0 Å². The summed E-state index contributed by atoms with van der Waals surface area (Å²) in [7, 11) is 0. The van der Waals surface area contributed by atoms with Gasteiger partial charge in [0.05, 0.1) is 11.8 Å². The van der Waals surface area contributed by atoms with Crippen molar-refractivity contribution in [1.29, 1.82) is 0 Å². The van der Waals surface area contributed by atoms with Crippen molar-refractivity contribution in [3.8, 4) is 0 Å². The van der Waals surface area contributed by atoms with Crippen LogP contribution in [0.4, 0.5) is 5.13 Å². The van der Waals surface area contributed by atoms with Crippen molar-refractivity contribution in [3.05, 3.63) is 11.6 Å². The maximum absolute atomic E-state index is 13.4. The van der Waals surface area contributed by atoms with Crippen LogP contribution < -0.4 is 4.90 Å². The molecule has 0 aromatic carbocycles. The molecule has 7 nitrogen and oxygen atoms in total. The Balaban J connectivity index is 1.47. The van der Waals surface area contributed by atoms with Gasteiger partial charge >= 0.3 is 0 Å². The van der Waals surface area contributed by atoms with Crippen LogP contribution in [0.5, 0.6) is 0 Å². The lowest BCUT2D eigenvalue weighted by Crippen LogP contribution is -2.56. The van der Waals surface area contributed by atoms with Crippen LogP contribution in [0.15, 0.2) is 11.6 Å². The van der Waals surface area contributed by atoms with E-state index >= 15 is 0 Å². The van der Waals surface area contributed by atoms with E-state index in [2.05, 4.69) is 9.88 Å². The quantitative estimate of drug-likeness (QED) is 0.636. The summed E-state index contributed by atoms with van der Waals surface area (Å²) in [5.41, 5.74) is 0. The predicted molar refractivity (Wildman–Crippen MR) is 115 cm³/mol. The highest BCUT2D eigenvalue weighted by Gasteiger charge is 2.52. The van der Waals surface area contributed by atoms with Crippen LogP contribution >= 0.6 is 23.1 Å². The van der Waals surface area contributed by atoms with Gasteiger partial charge in [0.1, 0.15) is 6.04 Å². The monoisotopic (exact) mass is 436 g/mol. The summed E-state index contributed by atoms with van der Waals surface area (Å²) in [5.74, 6) is 0.0477. The molecule has 0 unspecified atom stereocenters. The fourth-order valence-corrected chi connectivity index (χ4v) is 5.94. The third-order valence-electron chi connectivity index (χ3n) is 6.35. The Morgan fingerprint density at radius 2 is 1.83 bits per heavy atom. The first-order chi connectivity index (χ1) is 14.1. The number of anilines is 1. The van der Waals surface area contributed by atoms with Crippen molar-refractivity contribution < 1.29 is 14.4 Å². The van der Waals surface area contributed by atoms with Crippen molar-refractivity contribution in [2.75, 3.05) is 43.1 Å². The number of aromatic nitrogens is 1. The maximum atomic E-state index is 13.4. The standard InChI is InChI=1S/C20H28N4O3S2/c1-28-12-6-16(24-17(25)14-4-2-3-5-15(14)18(24)26)19(27)22-8-10-23(11-9-22)20-21-7-13-29-20/h7,13-16H,2-6,8-12H2,1H3/t14-,15-,16+/m0/s1. The number of carbonyl (C=O) groups excluding carboxylic acids is 3. The molecule has 29 heavy (non-hydrogen) atoms. The molecule has 1 aromatic rings. The van der Waals surface area contributed by atoms with Gasteiger partial charge in [-0.15, -0.1) is 11.3 Å². The number of thiazole rings is 1. The summed E-state index contributed by atoms with van der Waals surface area (Å²) < 4.78 is 0. The SMILES string of the molecule is CSCC[C@H](C(=O)N1CCN(c2nccs2)CC1)N1C(=O)[C@H]2CCCC[C@@H]2C1=O. The van der Waals surface area contributed by atoms with Crippen LogP contribution in [0.25, 0.3) is 0 Å². The fourth-order valence-electron chi connectivity index (χ4n) is 4.79. The fraction of sp³-hybridized carbons (Fsp3) is 0.700. The lowest BCUT2D eigenvalue weighted by atomic mass is 9.81. The Kier molecular flexibility index (Phi) is 6.44.